The van der Waals surface area contributed by atoms with Gasteiger partial charge in [-0.2, -0.15) is 0 Å². The highest BCUT2D eigenvalue weighted by molar-refractivity contribution is 5.80. The molecule has 0 bridgehead atoms. The number of carboxylic acid groups (broad SMARTS) is 1. The molecule has 7 nitrogen and oxygen atoms in total. The van der Waals surface area contributed by atoms with Crippen LogP contribution in [0.25, 0.3) is 0 Å². The molecule has 0 unspecified atom stereocenters. The predicted molar refractivity (Wildman–Crippen MR) is 49.3 cm³/mol. The van der Waals surface area contributed by atoms with Gasteiger partial charge in [0, 0.05) is 12.6 Å². The molecule has 0 aliphatic rings. The summed E-state index contributed by atoms with van der Waals surface area (Å²) in [6.45, 7) is 0. The first-order chi connectivity index (χ1) is 7.13. The fourth-order valence-corrected chi connectivity index (χ4v) is 1.01. The molecule has 1 aromatic heterocycles. The van der Waals surface area contributed by atoms with Gasteiger partial charge in [0.2, 0.25) is 0 Å². The number of aromatic nitrogens is 2. The third-order valence-electron chi connectivity index (χ3n) is 1.74. The Bertz CT molecular complexity index is 336. The summed E-state index contributed by atoms with van der Waals surface area (Å²) in [6.07, 6.45) is 2.33. The predicted octanol–water partition coefficient (Wildman–Crippen LogP) is -0.239. The number of aromatic amines is 1. The Hall–Kier alpha value is -2.05. The summed E-state index contributed by atoms with van der Waals surface area (Å²) in [4.78, 5) is 28.2. The van der Waals surface area contributed by atoms with Crippen LogP contribution in [0.5, 0.6) is 0 Å². The molecule has 1 atom stereocenters. The van der Waals surface area contributed by atoms with E-state index in [4.69, 9.17) is 5.11 Å². The molecule has 0 aromatic carbocycles. The first kappa shape index (κ1) is 11.0. The van der Waals surface area contributed by atoms with Gasteiger partial charge in [0.05, 0.1) is 19.1 Å². The molecule has 0 radical (unpaired) electrons. The number of carbonyl (C=O) groups excluding carboxylic acids is 1. The van der Waals surface area contributed by atoms with Crippen molar-refractivity contribution in [2.75, 3.05) is 7.11 Å². The Morgan fingerprint density at radius 1 is 1.73 bits per heavy atom. The second kappa shape index (κ2) is 4.99. The van der Waals surface area contributed by atoms with Crippen LogP contribution in [-0.2, 0) is 16.0 Å². The van der Waals surface area contributed by atoms with Gasteiger partial charge in [0.1, 0.15) is 6.04 Å². The number of aliphatic carboxylic acids is 1. The first-order valence-corrected chi connectivity index (χ1v) is 4.18. The molecule has 15 heavy (non-hydrogen) atoms. The highest BCUT2D eigenvalue weighted by atomic mass is 16.5. The summed E-state index contributed by atoms with van der Waals surface area (Å²) in [5, 5.41) is 11.0. The van der Waals surface area contributed by atoms with Gasteiger partial charge in [-0.3, -0.25) is 0 Å². The molecule has 1 amide bonds. The molecular weight excluding hydrogens is 202 g/mol. The number of H-pyrrole nitrogens is 1. The molecule has 0 spiro atoms. The number of alkyl carbamates (subject to hydrolysis) is 1. The minimum atomic E-state index is -1.14. The van der Waals surface area contributed by atoms with E-state index in [1.807, 2.05) is 0 Å². The van der Waals surface area contributed by atoms with Gasteiger partial charge in [-0.05, 0) is 0 Å². The molecule has 82 valence electrons. The SMILES string of the molecule is COC(=O)N[C@@H](Cc1c[nH]cn1)C(=O)O. The first-order valence-electron chi connectivity index (χ1n) is 4.18. The lowest BCUT2D eigenvalue weighted by molar-refractivity contribution is -0.139. The maximum atomic E-state index is 10.8. The Balaban J connectivity index is 2.59. The lowest BCUT2D eigenvalue weighted by atomic mass is 10.2. The average molecular weight is 213 g/mol. The fraction of sp³-hybridized carbons (Fsp3) is 0.375. The van der Waals surface area contributed by atoms with E-state index in [0.717, 1.165) is 0 Å². The van der Waals surface area contributed by atoms with Crippen LogP contribution in [0.1, 0.15) is 5.69 Å². The summed E-state index contributed by atoms with van der Waals surface area (Å²) >= 11 is 0. The number of hydrogen-bond donors (Lipinski definition) is 3. The van der Waals surface area contributed by atoms with Crippen LogP contribution in [0.4, 0.5) is 4.79 Å². The lowest BCUT2D eigenvalue weighted by Crippen LogP contribution is -2.42. The largest absolute Gasteiger partial charge is 0.480 e. The van der Waals surface area contributed by atoms with Gasteiger partial charge in [-0.25, -0.2) is 14.6 Å². The zero-order valence-corrected chi connectivity index (χ0v) is 8.06. The van der Waals surface area contributed by atoms with Crippen molar-refractivity contribution < 1.29 is 19.4 Å². The van der Waals surface area contributed by atoms with Gasteiger partial charge < -0.3 is 20.1 Å². The van der Waals surface area contributed by atoms with Crippen molar-refractivity contribution >= 4 is 12.1 Å². The Labute approximate surface area is 85.5 Å². The van der Waals surface area contributed by atoms with Crippen LogP contribution >= 0.6 is 0 Å². The molecule has 3 N–H and O–H groups in total. The summed E-state index contributed by atoms with van der Waals surface area (Å²) in [5.74, 6) is -1.14. The highest BCUT2D eigenvalue weighted by Gasteiger charge is 2.21. The van der Waals surface area contributed by atoms with E-state index < -0.39 is 18.1 Å². The molecule has 7 heteroatoms. The van der Waals surface area contributed by atoms with E-state index in [9.17, 15) is 9.59 Å². The number of hydrogen-bond acceptors (Lipinski definition) is 4. The van der Waals surface area contributed by atoms with Crippen LogP contribution in [0.3, 0.4) is 0 Å². The number of carbonyl (C=O) groups is 2. The molecule has 0 saturated carbocycles. The quantitative estimate of drug-likeness (QED) is 0.640. The van der Waals surface area contributed by atoms with E-state index >= 15 is 0 Å². The van der Waals surface area contributed by atoms with Crippen molar-refractivity contribution in [2.24, 2.45) is 0 Å². The Morgan fingerprint density at radius 3 is 2.93 bits per heavy atom. The summed E-state index contributed by atoms with van der Waals surface area (Å²) in [5.41, 5.74) is 0.554. The zero-order valence-electron chi connectivity index (χ0n) is 8.06. The van der Waals surface area contributed by atoms with Gasteiger partial charge in [-0.15, -0.1) is 0 Å². The highest BCUT2D eigenvalue weighted by Crippen LogP contribution is 1.99. The third kappa shape index (κ3) is 3.29. The summed E-state index contributed by atoms with van der Waals surface area (Å²) in [7, 11) is 1.17. The van der Waals surface area contributed by atoms with Gasteiger partial charge in [0.15, 0.2) is 0 Å². The normalized spacial score (nSPS) is 11.8. The molecule has 0 saturated heterocycles. The van der Waals surface area contributed by atoms with Gasteiger partial charge >= 0.3 is 12.1 Å². The van der Waals surface area contributed by atoms with Crippen molar-refractivity contribution in [3.8, 4) is 0 Å². The maximum absolute atomic E-state index is 10.8. The topological polar surface area (TPSA) is 104 Å². The van der Waals surface area contributed by atoms with E-state index in [1.54, 1.807) is 6.20 Å². The molecule has 1 heterocycles. The average Bonchev–Trinajstić information content (AvgIpc) is 2.69. The molecule has 0 fully saturated rings. The number of ether oxygens (including phenoxy) is 1. The van der Waals surface area contributed by atoms with Crippen molar-refractivity contribution in [3.63, 3.8) is 0 Å². The monoisotopic (exact) mass is 213 g/mol. The van der Waals surface area contributed by atoms with Crippen molar-refractivity contribution in [2.45, 2.75) is 12.5 Å². The number of rotatable bonds is 4. The van der Waals surface area contributed by atoms with Crippen molar-refractivity contribution in [3.05, 3.63) is 18.2 Å². The maximum Gasteiger partial charge on any atom is 0.407 e. The number of methoxy groups -OCH3 is 1. The molecule has 0 aliphatic carbocycles. The van der Waals surface area contributed by atoms with Crippen LogP contribution in [0.2, 0.25) is 0 Å². The lowest BCUT2D eigenvalue weighted by Gasteiger charge is -2.11. The summed E-state index contributed by atoms with van der Waals surface area (Å²) < 4.78 is 4.31. The van der Waals surface area contributed by atoms with E-state index in [0.29, 0.717) is 5.69 Å². The number of carboxylic acids is 1. The molecule has 0 aliphatic heterocycles. The molecule has 1 aromatic rings. The second-order valence-corrected chi connectivity index (χ2v) is 2.79. The molecule has 1 rings (SSSR count). The number of amides is 1. The fourth-order valence-electron chi connectivity index (χ4n) is 1.01. The van der Waals surface area contributed by atoms with E-state index in [-0.39, 0.29) is 6.42 Å². The van der Waals surface area contributed by atoms with Crippen LogP contribution in [0.15, 0.2) is 12.5 Å². The number of nitrogens with zero attached hydrogens (tertiary/aromatic N) is 1. The second-order valence-electron chi connectivity index (χ2n) is 2.79. The van der Waals surface area contributed by atoms with Crippen LogP contribution < -0.4 is 5.32 Å². The standard InChI is InChI=1S/C8H11N3O4/c1-15-8(14)11-6(7(12)13)2-5-3-9-4-10-5/h3-4,6H,2H2,1H3,(H,9,10)(H,11,14)(H,12,13)/t6-/m0/s1. The third-order valence-corrected chi connectivity index (χ3v) is 1.74. The van der Waals surface area contributed by atoms with Crippen LogP contribution in [-0.4, -0.2) is 40.3 Å². The molecular formula is C8H11N3O4. The number of nitrogens with one attached hydrogen (secondary N) is 2. The summed E-state index contributed by atoms with van der Waals surface area (Å²) in [6, 6.07) is -1.04. The minimum absolute atomic E-state index is 0.105. The van der Waals surface area contributed by atoms with Crippen molar-refractivity contribution in [1.29, 1.82) is 0 Å². The minimum Gasteiger partial charge on any atom is -0.480 e. The van der Waals surface area contributed by atoms with Gasteiger partial charge in [-0.1, -0.05) is 0 Å². The van der Waals surface area contributed by atoms with Crippen LogP contribution in [0, 0.1) is 0 Å². The Morgan fingerprint density at radius 2 is 2.47 bits per heavy atom. The van der Waals surface area contributed by atoms with Crippen molar-refractivity contribution in [1.82, 2.24) is 15.3 Å². The van der Waals surface area contributed by atoms with Gasteiger partial charge in [0.25, 0.3) is 0 Å². The Kier molecular flexibility index (Phi) is 3.67. The smallest absolute Gasteiger partial charge is 0.407 e. The zero-order chi connectivity index (χ0) is 11.3. The van der Waals surface area contributed by atoms with E-state index in [2.05, 4.69) is 20.0 Å². The van der Waals surface area contributed by atoms with E-state index in [1.165, 1.54) is 13.4 Å². The number of imidazole rings is 1.